The van der Waals surface area contributed by atoms with Crippen LogP contribution in [0.1, 0.15) is 123 Å². The molecule has 186 valence electrons. The Labute approximate surface area is 199 Å². The minimum absolute atomic E-state index is 0.00384. The van der Waals surface area contributed by atoms with E-state index in [4.69, 9.17) is 14.2 Å². The van der Waals surface area contributed by atoms with Gasteiger partial charge in [0.2, 0.25) is 0 Å². The molecule has 1 rings (SSSR count). The molecule has 1 aromatic carbocycles. The van der Waals surface area contributed by atoms with E-state index in [2.05, 4.69) is 51.1 Å². The topological polar surface area (TPSA) is 27.7 Å². The van der Waals surface area contributed by atoms with E-state index in [-0.39, 0.29) is 6.29 Å². The van der Waals surface area contributed by atoms with E-state index >= 15 is 0 Å². The van der Waals surface area contributed by atoms with Crippen molar-refractivity contribution in [2.75, 3.05) is 13.2 Å². The number of rotatable bonds is 23. The van der Waals surface area contributed by atoms with Gasteiger partial charge in [-0.25, -0.2) is 0 Å². The monoisotopic (exact) mass is 448 g/mol. The van der Waals surface area contributed by atoms with Crippen molar-refractivity contribution < 1.29 is 14.2 Å². The fourth-order valence-corrected chi connectivity index (χ4v) is 3.93. The van der Waals surface area contributed by atoms with Crippen LogP contribution in [-0.4, -0.2) is 25.6 Å². The van der Waals surface area contributed by atoms with Gasteiger partial charge in [-0.1, -0.05) is 109 Å². The maximum Gasteiger partial charge on any atom is 0.157 e. The van der Waals surface area contributed by atoms with Crippen molar-refractivity contribution in [1.29, 1.82) is 0 Å². The molecule has 0 fully saturated rings. The summed E-state index contributed by atoms with van der Waals surface area (Å²) in [6.07, 6.45) is 18.6. The predicted molar refractivity (Wildman–Crippen MR) is 137 cm³/mol. The number of hydrogen-bond acceptors (Lipinski definition) is 3. The van der Waals surface area contributed by atoms with Crippen molar-refractivity contribution in [3.8, 4) is 0 Å². The highest BCUT2D eigenvalue weighted by Gasteiger charge is 2.10. The summed E-state index contributed by atoms with van der Waals surface area (Å²) < 4.78 is 18.3. The van der Waals surface area contributed by atoms with E-state index in [0.29, 0.717) is 6.10 Å². The summed E-state index contributed by atoms with van der Waals surface area (Å²) in [5.74, 6) is 0. The molecule has 1 unspecified atom stereocenters. The van der Waals surface area contributed by atoms with Crippen LogP contribution in [0, 0.1) is 0 Å². The van der Waals surface area contributed by atoms with E-state index < -0.39 is 0 Å². The van der Waals surface area contributed by atoms with Gasteiger partial charge in [0.15, 0.2) is 6.29 Å². The maximum atomic E-state index is 6.13. The van der Waals surface area contributed by atoms with Crippen LogP contribution in [0.5, 0.6) is 0 Å². The van der Waals surface area contributed by atoms with Crippen molar-refractivity contribution in [2.24, 2.45) is 0 Å². The average molecular weight is 449 g/mol. The minimum Gasteiger partial charge on any atom is -0.374 e. The van der Waals surface area contributed by atoms with E-state index in [1.54, 1.807) is 0 Å². The lowest BCUT2D eigenvalue weighted by Crippen LogP contribution is -2.19. The summed E-state index contributed by atoms with van der Waals surface area (Å²) in [4.78, 5) is 0. The molecule has 0 amide bonds. The van der Waals surface area contributed by atoms with Gasteiger partial charge in [-0.3, -0.25) is 0 Å². The number of ether oxygens (including phenoxy) is 3. The fraction of sp³-hybridized carbons (Fsp3) is 0.793. The lowest BCUT2D eigenvalue weighted by molar-refractivity contribution is -0.148. The third-order valence-electron chi connectivity index (χ3n) is 6.10. The Bertz CT molecular complexity index is 476. The minimum atomic E-state index is -0.00384. The van der Waals surface area contributed by atoms with Crippen molar-refractivity contribution in [3.05, 3.63) is 35.9 Å². The molecule has 0 spiro atoms. The van der Waals surface area contributed by atoms with Crippen molar-refractivity contribution in [2.45, 2.75) is 136 Å². The number of hydrogen-bond donors (Lipinski definition) is 0. The van der Waals surface area contributed by atoms with Gasteiger partial charge in [-0.15, -0.1) is 0 Å². The standard InChI is InChI=1S/C29H52O3/c1-4-7-9-18-24-30-29(31-25-19-10-8-5-2)23-17-12-11-16-22-28(6-3)32-26-27-20-14-13-15-21-27/h13-15,20-21,28-29H,4-12,16-19,22-26H2,1-3H3. The summed E-state index contributed by atoms with van der Waals surface area (Å²) in [5, 5.41) is 0. The molecule has 1 aromatic rings. The highest BCUT2D eigenvalue weighted by atomic mass is 16.7. The Morgan fingerprint density at radius 1 is 0.594 bits per heavy atom. The number of unbranched alkanes of at least 4 members (excludes halogenated alkanes) is 9. The van der Waals surface area contributed by atoms with Gasteiger partial charge >= 0.3 is 0 Å². The van der Waals surface area contributed by atoms with E-state index in [1.807, 2.05) is 0 Å². The quantitative estimate of drug-likeness (QED) is 0.124. The Morgan fingerprint density at radius 2 is 1.16 bits per heavy atom. The Hall–Kier alpha value is -0.900. The predicted octanol–water partition coefficient (Wildman–Crippen LogP) is 8.84. The molecule has 3 nitrogen and oxygen atoms in total. The number of benzene rings is 1. The molecular formula is C29H52O3. The van der Waals surface area contributed by atoms with Gasteiger partial charge in [0.05, 0.1) is 12.7 Å². The van der Waals surface area contributed by atoms with Crippen molar-refractivity contribution in [1.82, 2.24) is 0 Å². The van der Waals surface area contributed by atoms with Crippen LogP contribution in [-0.2, 0) is 20.8 Å². The van der Waals surface area contributed by atoms with Crippen LogP contribution in [0.3, 0.4) is 0 Å². The first kappa shape index (κ1) is 29.1. The third kappa shape index (κ3) is 16.7. The molecule has 32 heavy (non-hydrogen) atoms. The molecule has 0 aliphatic rings. The largest absolute Gasteiger partial charge is 0.374 e. The van der Waals surface area contributed by atoms with Crippen LogP contribution in [0.2, 0.25) is 0 Å². The zero-order chi connectivity index (χ0) is 23.1. The Morgan fingerprint density at radius 3 is 1.72 bits per heavy atom. The van der Waals surface area contributed by atoms with Gasteiger partial charge in [0, 0.05) is 13.2 Å². The summed E-state index contributed by atoms with van der Waals surface area (Å²) in [5.41, 5.74) is 1.27. The molecule has 0 heterocycles. The molecule has 0 aliphatic carbocycles. The molecule has 0 radical (unpaired) electrons. The smallest absolute Gasteiger partial charge is 0.157 e. The van der Waals surface area contributed by atoms with Crippen LogP contribution in [0.4, 0.5) is 0 Å². The van der Waals surface area contributed by atoms with E-state index in [9.17, 15) is 0 Å². The summed E-state index contributed by atoms with van der Waals surface area (Å²) in [7, 11) is 0. The van der Waals surface area contributed by atoms with Crippen molar-refractivity contribution >= 4 is 0 Å². The molecular weight excluding hydrogens is 396 g/mol. The highest BCUT2D eigenvalue weighted by molar-refractivity contribution is 5.13. The molecule has 0 saturated carbocycles. The molecule has 0 bridgehead atoms. The van der Waals surface area contributed by atoms with Crippen LogP contribution >= 0.6 is 0 Å². The first-order valence-electron chi connectivity index (χ1n) is 13.7. The first-order valence-corrected chi connectivity index (χ1v) is 13.7. The molecule has 0 N–H and O–H groups in total. The van der Waals surface area contributed by atoms with Gasteiger partial charge < -0.3 is 14.2 Å². The van der Waals surface area contributed by atoms with Gasteiger partial charge in [-0.05, 0) is 44.1 Å². The second kappa shape index (κ2) is 21.9. The SMILES string of the molecule is CCCCCCOC(CCCCCCC(CC)OCc1ccccc1)OCCCCCC. The zero-order valence-corrected chi connectivity index (χ0v) is 21.5. The van der Waals surface area contributed by atoms with E-state index in [1.165, 1.54) is 69.8 Å². The lowest BCUT2D eigenvalue weighted by atomic mass is 10.1. The molecule has 0 aliphatic heterocycles. The average Bonchev–Trinajstić information content (AvgIpc) is 2.82. The normalized spacial score (nSPS) is 12.5. The Balaban J connectivity index is 2.15. The molecule has 0 saturated heterocycles. The summed E-state index contributed by atoms with van der Waals surface area (Å²) >= 11 is 0. The van der Waals surface area contributed by atoms with Crippen LogP contribution < -0.4 is 0 Å². The molecule has 0 aromatic heterocycles. The second-order valence-corrected chi connectivity index (χ2v) is 9.11. The summed E-state index contributed by atoms with van der Waals surface area (Å²) in [6, 6.07) is 10.5. The van der Waals surface area contributed by atoms with Crippen molar-refractivity contribution in [3.63, 3.8) is 0 Å². The first-order chi connectivity index (χ1) is 15.8. The highest BCUT2D eigenvalue weighted by Crippen LogP contribution is 2.16. The van der Waals surface area contributed by atoms with Gasteiger partial charge in [0.25, 0.3) is 0 Å². The Kier molecular flexibility index (Phi) is 20.0. The van der Waals surface area contributed by atoms with Crippen LogP contribution in [0.25, 0.3) is 0 Å². The van der Waals surface area contributed by atoms with Gasteiger partial charge in [0.1, 0.15) is 0 Å². The third-order valence-corrected chi connectivity index (χ3v) is 6.10. The summed E-state index contributed by atoms with van der Waals surface area (Å²) in [6.45, 7) is 9.15. The fourth-order valence-electron chi connectivity index (χ4n) is 3.93. The zero-order valence-electron chi connectivity index (χ0n) is 21.5. The maximum absolute atomic E-state index is 6.13. The molecule has 3 heteroatoms. The lowest BCUT2D eigenvalue weighted by Gasteiger charge is -2.19. The van der Waals surface area contributed by atoms with E-state index in [0.717, 1.165) is 51.9 Å². The van der Waals surface area contributed by atoms with Crippen LogP contribution in [0.15, 0.2) is 30.3 Å². The van der Waals surface area contributed by atoms with Gasteiger partial charge in [-0.2, -0.15) is 0 Å². The second-order valence-electron chi connectivity index (χ2n) is 9.11. The molecule has 1 atom stereocenters.